The van der Waals surface area contributed by atoms with E-state index in [2.05, 4.69) is 44.8 Å². The molecule has 3 heteroatoms. The summed E-state index contributed by atoms with van der Waals surface area (Å²) in [6.07, 6.45) is 2.61. The first kappa shape index (κ1) is 11.5. The van der Waals surface area contributed by atoms with Gasteiger partial charge < -0.3 is 4.74 Å². The van der Waals surface area contributed by atoms with E-state index in [0.717, 1.165) is 10.2 Å². The van der Waals surface area contributed by atoms with Gasteiger partial charge in [-0.25, -0.2) is 0 Å². The molecule has 0 spiro atoms. The van der Waals surface area contributed by atoms with Crippen LogP contribution in [0.25, 0.3) is 0 Å². The lowest BCUT2D eigenvalue weighted by Gasteiger charge is -2.19. The molecule has 0 saturated heterocycles. The molecule has 1 aromatic rings. The van der Waals surface area contributed by atoms with Crippen LogP contribution in [0.2, 0.25) is 0 Å². The van der Waals surface area contributed by atoms with Crippen LogP contribution in [0.1, 0.15) is 30.2 Å². The fourth-order valence-electron chi connectivity index (χ4n) is 1.67. The van der Waals surface area contributed by atoms with Crippen molar-refractivity contribution in [3.05, 3.63) is 28.2 Å². The van der Waals surface area contributed by atoms with Gasteiger partial charge in [0.25, 0.3) is 0 Å². The fraction of sp³-hybridized carbons (Fsp3) is 0.500. The standard InChI is InChI=1S/C12H14Br2O/c1-12(5-6-12)11(14)9-4-3-8(15-2)7-10(9)13/h3-4,7,11H,5-6H2,1-2H3. The first-order valence-corrected chi connectivity index (χ1v) is 6.75. The number of ether oxygens (including phenoxy) is 1. The molecule has 1 nitrogen and oxygen atoms in total. The highest BCUT2D eigenvalue weighted by Crippen LogP contribution is 2.59. The average Bonchev–Trinajstić information content (AvgIpc) is 2.96. The highest BCUT2D eigenvalue weighted by Gasteiger charge is 2.44. The van der Waals surface area contributed by atoms with E-state index < -0.39 is 0 Å². The zero-order valence-corrected chi connectivity index (χ0v) is 12.1. The lowest BCUT2D eigenvalue weighted by Crippen LogP contribution is -2.04. The van der Waals surface area contributed by atoms with Gasteiger partial charge in [-0.1, -0.05) is 44.8 Å². The quantitative estimate of drug-likeness (QED) is 0.729. The molecular weight excluding hydrogens is 320 g/mol. The highest BCUT2D eigenvalue weighted by molar-refractivity contribution is 9.11. The van der Waals surface area contributed by atoms with E-state index in [-0.39, 0.29) is 0 Å². The average molecular weight is 334 g/mol. The Morgan fingerprint density at radius 3 is 2.53 bits per heavy atom. The van der Waals surface area contributed by atoms with Crippen LogP contribution in [0.5, 0.6) is 5.75 Å². The molecule has 15 heavy (non-hydrogen) atoms. The van der Waals surface area contributed by atoms with Crippen LogP contribution >= 0.6 is 31.9 Å². The van der Waals surface area contributed by atoms with Gasteiger partial charge in [0.15, 0.2) is 0 Å². The molecular formula is C12H14Br2O. The SMILES string of the molecule is COc1ccc(C(Br)C2(C)CC2)c(Br)c1. The van der Waals surface area contributed by atoms with Crippen LogP contribution in [-0.2, 0) is 0 Å². The largest absolute Gasteiger partial charge is 0.497 e. The van der Waals surface area contributed by atoms with Gasteiger partial charge in [0.2, 0.25) is 0 Å². The minimum Gasteiger partial charge on any atom is -0.497 e. The Morgan fingerprint density at radius 1 is 1.40 bits per heavy atom. The second-order valence-electron chi connectivity index (χ2n) is 4.40. The molecule has 82 valence electrons. The second-order valence-corrected chi connectivity index (χ2v) is 6.17. The summed E-state index contributed by atoms with van der Waals surface area (Å²) >= 11 is 7.39. The van der Waals surface area contributed by atoms with Crippen molar-refractivity contribution in [2.24, 2.45) is 5.41 Å². The van der Waals surface area contributed by atoms with E-state index in [1.165, 1.54) is 18.4 Å². The maximum Gasteiger partial charge on any atom is 0.120 e. The Labute approximate surface area is 107 Å². The van der Waals surface area contributed by atoms with Gasteiger partial charge in [0.05, 0.1) is 7.11 Å². The lowest BCUT2D eigenvalue weighted by atomic mass is 9.98. The monoisotopic (exact) mass is 332 g/mol. The van der Waals surface area contributed by atoms with Crippen molar-refractivity contribution in [3.63, 3.8) is 0 Å². The van der Waals surface area contributed by atoms with E-state index in [0.29, 0.717) is 10.2 Å². The molecule has 1 aliphatic carbocycles. The number of alkyl halides is 1. The third-order valence-electron chi connectivity index (χ3n) is 3.13. The van der Waals surface area contributed by atoms with E-state index >= 15 is 0 Å². The third kappa shape index (κ3) is 2.23. The van der Waals surface area contributed by atoms with Gasteiger partial charge in [-0.05, 0) is 36.0 Å². The number of benzene rings is 1. The maximum absolute atomic E-state index is 5.19. The van der Waals surface area contributed by atoms with Gasteiger partial charge in [-0.15, -0.1) is 0 Å². The Hall–Kier alpha value is -0.0200. The molecule has 0 radical (unpaired) electrons. The lowest BCUT2D eigenvalue weighted by molar-refractivity contribution is 0.414. The number of hydrogen-bond acceptors (Lipinski definition) is 1. The molecule has 2 rings (SSSR count). The maximum atomic E-state index is 5.19. The van der Waals surface area contributed by atoms with Crippen LogP contribution in [0.4, 0.5) is 0 Å². The van der Waals surface area contributed by atoms with Gasteiger partial charge in [0.1, 0.15) is 5.75 Å². The van der Waals surface area contributed by atoms with E-state index in [1.807, 2.05) is 12.1 Å². The van der Waals surface area contributed by atoms with Gasteiger partial charge in [-0.3, -0.25) is 0 Å². The normalized spacial score (nSPS) is 19.7. The van der Waals surface area contributed by atoms with Crippen molar-refractivity contribution >= 4 is 31.9 Å². The van der Waals surface area contributed by atoms with Gasteiger partial charge in [0, 0.05) is 9.30 Å². The van der Waals surface area contributed by atoms with E-state index in [1.54, 1.807) is 7.11 Å². The zero-order chi connectivity index (χ0) is 11.1. The van der Waals surface area contributed by atoms with Crippen LogP contribution in [0.15, 0.2) is 22.7 Å². The van der Waals surface area contributed by atoms with Gasteiger partial charge in [-0.2, -0.15) is 0 Å². The Kier molecular flexibility index (Phi) is 3.13. The predicted octanol–water partition coefficient (Wildman–Crippen LogP) is 4.69. The smallest absolute Gasteiger partial charge is 0.120 e. The first-order chi connectivity index (χ1) is 7.07. The number of rotatable bonds is 3. The predicted molar refractivity (Wildman–Crippen MR) is 69.7 cm³/mol. The summed E-state index contributed by atoms with van der Waals surface area (Å²) in [7, 11) is 1.69. The summed E-state index contributed by atoms with van der Waals surface area (Å²) in [6.45, 7) is 2.32. The van der Waals surface area contributed by atoms with Crippen LogP contribution in [0.3, 0.4) is 0 Å². The van der Waals surface area contributed by atoms with Crippen molar-refractivity contribution in [1.29, 1.82) is 0 Å². The second kappa shape index (κ2) is 4.10. The Bertz CT molecular complexity index is 372. The molecule has 0 heterocycles. The third-order valence-corrected chi connectivity index (χ3v) is 5.42. The molecule has 0 aliphatic heterocycles. The van der Waals surface area contributed by atoms with Crippen molar-refractivity contribution in [3.8, 4) is 5.75 Å². The minimum absolute atomic E-state index is 0.435. The van der Waals surface area contributed by atoms with Crippen molar-refractivity contribution in [1.82, 2.24) is 0 Å². The van der Waals surface area contributed by atoms with E-state index in [4.69, 9.17) is 4.74 Å². The molecule has 0 amide bonds. The highest BCUT2D eigenvalue weighted by atomic mass is 79.9. The molecule has 1 fully saturated rings. The summed E-state index contributed by atoms with van der Waals surface area (Å²) in [5.41, 5.74) is 1.76. The molecule has 0 N–H and O–H groups in total. The molecule has 0 bridgehead atoms. The summed E-state index contributed by atoms with van der Waals surface area (Å²) in [4.78, 5) is 0.435. The minimum atomic E-state index is 0.435. The molecule has 1 aliphatic rings. The van der Waals surface area contributed by atoms with Crippen LogP contribution < -0.4 is 4.74 Å². The Balaban J connectivity index is 2.28. The number of hydrogen-bond donors (Lipinski definition) is 0. The zero-order valence-electron chi connectivity index (χ0n) is 8.89. The molecule has 1 saturated carbocycles. The topological polar surface area (TPSA) is 9.23 Å². The summed E-state index contributed by atoms with van der Waals surface area (Å²) in [5.74, 6) is 0.895. The number of methoxy groups -OCH3 is 1. The first-order valence-electron chi connectivity index (χ1n) is 5.04. The van der Waals surface area contributed by atoms with Crippen LogP contribution in [0, 0.1) is 5.41 Å². The fourth-order valence-corrected chi connectivity index (χ4v) is 3.42. The van der Waals surface area contributed by atoms with E-state index in [9.17, 15) is 0 Å². The Morgan fingerprint density at radius 2 is 2.07 bits per heavy atom. The summed E-state index contributed by atoms with van der Waals surface area (Å²) < 4.78 is 6.31. The van der Waals surface area contributed by atoms with Crippen molar-refractivity contribution in [2.45, 2.75) is 24.6 Å². The summed E-state index contributed by atoms with van der Waals surface area (Å²) in [6, 6.07) is 6.17. The molecule has 1 aromatic carbocycles. The molecule has 1 unspecified atom stereocenters. The van der Waals surface area contributed by atoms with Crippen LogP contribution in [-0.4, -0.2) is 7.11 Å². The molecule has 0 aromatic heterocycles. The number of halogens is 2. The van der Waals surface area contributed by atoms with Crippen molar-refractivity contribution in [2.75, 3.05) is 7.11 Å². The summed E-state index contributed by atoms with van der Waals surface area (Å²) in [5, 5.41) is 0. The van der Waals surface area contributed by atoms with Crippen molar-refractivity contribution < 1.29 is 4.74 Å². The van der Waals surface area contributed by atoms with Gasteiger partial charge >= 0.3 is 0 Å². The molecule has 1 atom stereocenters.